The fourth-order valence-corrected chi connectivity index (χ4v) is 3.14. The van der Waals surface area contributed by atoms with Crippen LogP contribution in [-0.2, 0) is 4.79 Å². The van der Waals surface area contributed by atoms with Gasteiger partial charge < -0.3 is 11.1 Å². The van der Waals surface area contributed by atoms with E-state index in [0.29, 0.717) is 6.04 Å². The predicted octanol–water partition coefficient (Wildman–Crippen LogP) is 2.23. The minimum absolute atomic E-state index is 0. The molecule has 0 aliphatic heterocycles. The van der Waals surface area contributed by atoms with Gasteiger partial charge >= 0.3 is 0 Å². The second-order valence-corrected chi connectivity index (χ2v) is 5.75. The van der Waals surface area contributed by atoms with Crippen LogP contribution in [0.2, 0.25) is 0 Å². The summed E-state index contributed by atoms with van der Waals surface area (Å²) in [6.45, 7) is 2.28. The molecule has 4 unspecified atom stereocenters. The molecular weight excluding hydrogens is 236 g/mol. The van der Waals surface area contributed by atoms with Crippen molar-refractivity contribution >= 4 is 18.3 Å². The monoisotopic (exact) mass is 260 g/mol. The molecule has 2 fully saturated rings. The van der Waals surface area contributed by atoms with Crippen LogP contribution in [0.25, 0.3) is 0 Å². The molecule has 4 heteroatoms. The highest BCUT2D eigenvalue weighted by Crippen LogP contribution is 2.27. The summed E-state index contributed by atoms with van der Waals surface area (Å²) in [4.78, 5) is 12.0. The van der Waals surface area contributed by atoms with Crippen LogP contribution in [0.15, 0.2) is 0 Å². The largest absolute Gasteiger partial charge is 0.353 e. The summed E-state index contributed by atoms with van der Waals surface area (Å²) in [5, 5.41) is 3.22. The van der Waals surface area contributed by atoms with E-state index in [1.807, 2.05) is 0 Å². The molecule has 2 aliphatic rings. The highest BCUT2D eigenvalue weighted by molar-refractivity contribution is 5.85. The first kappa shape index (κ1) is 14.8. The van der Waals surface area contributed by atoms with E-state index in [2.05, 4.69) is 12.2 Å². The minimum Gasteiger partial charge on any atom is -0.353 e. The number of halogens is 1. The molecule has 0 aromatic rings. The Balaban J connectivity index is 0.00000144. The van der Waals surface area contributed by atoms with E-state index in [9.17, 15) is 4.79 Å². The third-order valence-electron chi connectivity index (χ3n) is 4.13. The van der Waals surface area contributed by atoms with Gasteiger partial charge in [0.05, 0.1) is 0 Å². The summed E-state index contributed by atoms with van der Waals surface area (Å²) in [5.74, 6) is 1.21. The van der Waals surface area contributed by atoms with Crippen LogP contribution >= 0.6 is 12.4 Å². The zero-order chi connectivity index (χ0) is 11.5. The van der Waals surface area contributed by atoms with E-state index >= 15 is 0 Å². The molecule has 17 heavy (non-hydrogen) atoms. The Morgan fingerprint density at radius 1 is 1.18 bits per heavy atom. The Bertz CT molecular complexity index is 260. The number of hydrogen-bond acceptors (Lipinski definition) is 2. The molecule has 2 aliphatic carbocycles. The van der Waals surface area contributed by atoms with Crippen LogP contribution in [-0.4, -0.2) is 18.0 Å². The van der Waals surface area contributed by atoms with Crippen molar-refractivity contribution < 1.29 is 4.79 Å². The molecule has 2 rings (SSSR count). The van der Waals surface area contributed by atoms with Crippen LogP contribution in [0.3, 0.4) is 0 Å². The second kappa shape index (κ2) is 6.60. The summed E-state index contributed by atoms with van der Waals surface area (Å²) in [7, 11) is 0. The number of nitrogens with one attached hydrogen (secondary N) is 1. The number of amides is 1. The lowest BCUT2D eigenvalue weighted by Gasteiger charge is -2.28. The van der Waals surface area contributed by atoms with Crippen molar-refractivity contribution in [2.45, 2.75) is 64.0 Å². The lowest BCUT2D eigenvalue weighted by atomic mass is 9.87. The highest BCUT2D eigenvalue weighted by Gasteiger charge is 2.29. The summed E-state index contributed by atoms with van der Waals surface area (Å²) >= 11 is 0. The Hall–Kier alpha value is -0.280. The van der Waals surface area contributed by atoms with Crippen molar-refractivity contribution in [2.24, 2.45) is 17.6 Å². The van der Waals surface area contributed by atoms with Gasteiger partial charge in [-0.3, -0.25) is 4.79 Å². The van der Waals surface area contributed by atoms with Gasteiger partial charge in [-0.05, 0) is 38.0 Å². The van der Waals surface area contributed by atoms with Crippen LogP contribution in [0, 0.1) is 11.8 Å². The molecule has 0 aromatic carbocycles. The third kappa shape index (κ3) is 4.14. The van der Waals surface area contributed by atoms with E-state index in [0.717, 1.165) is 38.0 Å². The van der Waals surface area contributed by atoms with E-state index < -0.39 is 0 Å². The molecule has 2 saturated carbocycles. The van der Waals surface area contributed by atoms with Crippen molar-refractivity contribution in [3.05, 3.63) is 0 Å². The molecule has 0 bridgehead atoms. The Morgan fingerprint density at radius 3 is 2.53 bits per heavy atom. The Labute approximate surface area is 110 Å². The van der Waals surface area contributed by atoms with Gasteiger partial charge in [0.25, 0.3) is 0 Å². The molecule has 3 N–H and O–H groups in total. The lowest BCUT2D eigenvalue weighted by Crippen LogP contribution is -2.41. The molecule has 0 aromatic heterocycles. The molecule has 0 saturated heterocycles. The third-order valence-corrected chi connectivity index (χ3v) is 4.13. The molecule has 100 valence electrons. The first-order chi connectivity index (χ1) is 7.65. The normalized spacial score (nSPS) is 37.3. The van der Waals surface area contributed by atoms with E-state index in [4.69, 9.17) is 5.73 Å². The maximum atomic E-state index is 12.0. The Morgan fingerprint density at radius 2 is 1.94 bits per heavy atom. The van der Waals surface area contributed by atoms with Crippen LogP contribution in [0.5, 0.6) is 0 Å². The Kier molecular flexibility index (Phi) is 5.74. The molecule has 4 atom stereocenters. The van der Waals surface area contributed by atoms with E-state index in [1.165, 1.54) is 12.8 Å². The minimum atomic E-state index is 0. The van der Waals surface area contributed by atoms with Crippen molar-refractivity contribution in [3.63, 3.8) is 0 Å². The van der Waals surface area contributed by atoms with Gasteiger partial charge in [0.15, 0.2) is 0 Å². The molecule has 0 spiro atoms. The number of carbonyl (C=O) groups is 1. The fourth-order valence-electron chi connectivity index (χ4n) is 3.14. The standard InChI is InChI=1S/C13H24N2O.ClH/c1-9-3-2-4-12(7-9)15-13(16)10-5-6-11(14)8-10;/h9-12H,2-8,14H2,1H3,(H,15,16);1H. The average Bonchev–Trinajstić information content (AvgIpc) is 2.65. The lowest BCUT2D eigenvalue weighted by molar-refractivity contribution is -0.125. The quantitative estimate of drug-likeness (QED) is 0.800. The van der Waals surface area contributed by atoms with Crippen LogP contribution in [0.1, 0.15) is 51.9 Å². The van der Waals surface area contributed by atoms with Crippen LogP contribution in [0.4, 0.5) is 0 Å². The number of hydrogen-bond donors (Lipinski definition) is 2. The van der Waals surface area contributed by atoms with Crippen molar-refractivity contribution in [1.29, 1.82) is 0 Å². The van der Waals surface area contributed by atoms with Crippen molar-refractivity contribution in [2.75, 3.05) is 0 Å². The van der Waals surface area contributed by atoms with Gasteiger partial charge in [0, 0.05) is 18.0 Å². The van der Waals surface area contributed by atoms with Gasteiger partial charge in [-0.25, -0.2) is 0 Å². The summed E-state index contributed by atoms with van der Waals surface area (Å²) in [5.41, 5.74) is 5.84. The second-order valence-electron chi connectivity index (χ2n) is 5.75. The predicted molar refractivity (Wildman–Crippen MR) is 72.1 cm³/mol. The van der Waals surface area contributed by atoms with Gasteiger partial charge in [-0.15, -0.1) is 12.4 Å². The molecule has 1 amide bonds. The van der Waals surface area contributed by atoms with Gasteiger partial charge in [-0.2, -0.15) is 0 Å². The maximum absolute atomic E-state index is 12.0. The van der Waals surface area contributed by atoms with Crippen molar-refractivity contribution in [1.82, 2.24) is 5.32 Å². The molecule has 0 heterocycles. The topological polar surface area (TPSA) is 55.1 Å². The smallest absolute Gasteiger partial charge is 0.223 e. The number of nitrogens with two attached hydrogens (primary N) is 1. The van der Waals surface area contributed by atoms with Crippen molar-refractivity contribution in [3.8, 4) is 0 Å². The van der Waals surface area contributed by atoms with E-state index in [-0.39, 0.29) is 30.3 Å². The molecule has 3 nitrogen and oxygen atoms in total. The SMILES string of the molecule is CC1CCCC(NC(=O)C2CCC(N)C2)C1.Cl. The van der Waals surface area contributed by atoms with Gasteiger partial charge in [0.2, 0.25) is 5.91 Å². The average molecular weight is 261 g/mol. The maximum Gasteiger partial charge on any atom is 0.223 e. The van der Waals surface area contributed by atoms with Gasteiger partial charge in [-0.1, -0.05) is 19.8 Å². The zero-order valence-corrected chi connectivity index (χ0v) is 11.5. The summed E-state index contributed by atoms with van der Waals surface area (Å²) < 4.78 is 0. The zero-order valence-electron chi connectivity index (χ0n) is 10.7. The highest BCUT2D eigenvalue weighted by atomic mass is 35.5. The van der Waals surface area contributed by atoms with Gasteiger partial charge in [0.1, 0.15) is 0 Å². The first-order valence-corrected chi connectivity index (χ1v) is 6.71. The number of carbonyl (C=O) groups excluding carboxylic acids is 1. The van der Waals surface area contributed by atoms with E-state index in [1.54, 1.807) is 0 Å². The summed E-state index contributed by atoms with van der Waals surface area (Å²) in [6.07, 6.45) is 7.78. The molecular formula is C13H25ClN2O. The number of rotatable bonds is 2. The molecule has 0 radical (unpaired) electrons. The fraction of sp³-hybridized carbons (Fsp3) is 0.923. The summed E-state index contributed by atoms with van der Waals surface area (Å²) in [6, 6.07) is 0.675. The van der Waals surface area contributed by atoms with Crippen LogP contribution < -0.4 is 11.1 Å². The first-order valence-electron chi connectivity index (χ1n) is 6.71.